The van der Waals surface area contributed by atoms with Gasteiger partial charge in [-0.05, 0) is 42.8 Å². The molecule has 0 unspecified atom stereocenters. The maximum absolute atomic E-state index is 12.0. The summed E-state index contributed by atoms with van der Waals surface area (Å²) in [6, 6.07) is 11.0. The normalized spacial score (nSPS) is 11.1. The maximum atomic E-state index is 12.0. The van der Waals surface area contributed by atoms with Gasteiger partial charge in [0.25, 0.3) is 5.91 Å². The Kier molecular flexibility index (Phi) is 3.54. The highest BCUT2D eigenvalue weighted by molar-refractivity contribution is 6.31. The second kappa shape index (κ2) is 5.75. The number of carbonyl (C=O) groups excluding carboxylic acids is 1. The minimum Gasteiger partial charge on any atom is -0.366 e. The van der Waals surface area contributed by atoms with Crippen LogP contribution in [0.5, 0.6) is 0 Å². The summed E-state index contributed by atoms with van der Waals surface area (Å²) in [4.78, 5) is 19.6. The summed E-state index contributed by atoms with van der Waals surface area (Å²) in [6.45, 7) is 1.95. The molecular weight excluding hydrogens is 338 g/mol. The molecule has 4 aromatic rings. The van der Waals surface area contributed by atoms with Crippen molar-refractivity contribution in [1.29, 1.82) is 0 Å². The first-order valence-electron chi connectivity index (χ1n) is 7.62. The van der Waals surface area contributed by atoms with Crippen LogP contribution in [0.15, 0.2) is 48.9 Å². The van der Waals surface area contributed by atoms with E-state index >= 15 is 0 Å². The molecule has 3 N–H and O–H groups in total. The molecule has 0 fully saturated rings. The number of halogens is 1. The van der Waals surface area contributed by atoms with E-state index in [2.05, 4.69) is 15.1 Å². The van der Waals surface area contributed by atoms with Gasteiger partial charge < -0.3 is 10.7 Å². The molecule has 124 valence electrons. The van der Waals surface area contributed by atoms with Gasteiger partial charge in [-0.1, -0.05) is 17.7 Å². The Morgan fingerprint density at radius 3 is 2.92 bits per heavy atom. The summed E-state index contributed by atoms with van der Waals surface area (Å²) >= 11 is 6.13. The topological polar surface area (TPSA) is 89.1 Å². The van der Waals surface area contributed by atoms with Crippen molar-refractivity contribution in [3.05, 3.63) is 65.1 Å². The molecule has 0 radical (unpaired) electrons. The number of aromatic amines is 1. The summed E-state index contributed by atoms with van der Waals surface area (Å²) < 4.78 is 1.72. The molecule has 1 amide bonds. The van der Waals surface area contributed by atoms with Crippen molar-refractivity contribution in [3.8, 4) is 22.6 Å². The lowest BCUT2D eigenvalue weighted by molar-refractivity contribution is 0.100. The molecule has 0 aliphatic rings. The molecule has 6 nitrogen and oxygen atoms in total. The summed E-state index contributed by atoms with van der Waals surface area (Å²) in [6.07, 6.45) is 3.30. The Morgan fingerprint density at radius 2 is 2.12 bits per heavy atom. The number of nitrogens with one attached hydrogen (secondary N) is 1. The Hall–Kier alpha value is -3.12. The Morgan fingerprint density at radius 1 is 1.28 bits per heavy atom. The lowest BCUT2D eigenvalue weighted by Crippen LogP contribution is -2.11. The summed E-state index contributed by atoms with van der Waals surface area (Å²) in [5, 5.41) is 4.74. The van der Waals surface area contributed by atoms with Gasteiger partial charge in [-0.15, -0.1) is 0 Å². The molecule has 0 saturated heterocycles. The first-order chi connectivity index (χ1) is 12.0. The van der Waals surface area contributed by atoms with Crippen LogP contribution in [0.25, 0.3) is 28.2 Å². The van der Waals surface area contributed by atoms with E-state index in [4.69, 9.17) is 17.3 Å². The van der Waals surface area contributed by atoms with E-state index in [9.17, 15) is 4.79 Å². The van der Waals surface area contributed by atoms with Crippen LogP contribution in [0.4, 0.5) is 0 Å². The number of benzene rings is 1. The zero-order valence-corrected chi connectivity index (χ0v) is 14.1. The molecular formula is C18H14ClN5O. The summed E-state index contributed by atoms with van der Waals surface area (Å²) in [7, 11) is 0. The van der Waals surface area contributed by atoms with Crippen LogP contribution in [0, 0.1) is 6.92 Å². The van der Waals surface area contributed by atoms with E-state index in [1.807, 2.05) is 43.5 Å². The predicted molar refractivity (Wildman–Crippen MR) is 96.5 cm³/mol. The van der Waals surface area contributed by atoms with Crippen LogP contribution < -0.4 is 5.73 Å². The highest BCUT2D eigenvalue weighted by atomic mass is 35.5. The SMILES string of the molecule is Cc1ccc(Cl)cc1-c1[nH]c(-c2ncnn3cccc23)cc1C(N)=O. The van der Waals surface area contributed by atoms with E-state index in [1.165, 1.54) is 6.33 Å². The number of primary amides is 1. The molecule has 0 saturated carbocycles. The maximum Gasteiger partial charge on any atom is 0.250 e. The Bertz CT molecular complexity index is 1110. The monoisotopic (exact) mass is 351 g/mol. The van der Waals surface area contributed by atoms with Crippen LogP contribution in [-0.4, -0.2) is 25.5 Å². The number of fused-ring (bicyclic) bond motifs is 1. The molecule has 0 bridgehead atoms. The third-order valence-corrected chi connectivity index (χ3v) is 4.38. The number of aromatic nitrogens is 4. The number of hydrogen-bond acceptors (Lipinski definition) is 3. The molecule has 1 aromatic carbocycles. The van der Waals surface area contributed by atoms with E-state index in [0.29, 0.717) is 27.7 Å². The van der Waals surface area contributed by atoms with Gasteiger partial charge in [-0.2, -0.15) is 5.10 Å². The molecule has 0 aliphatic heterocycles. The highest BCUT2D eigenvalue weighted by Gasteiger charge is 2.19. The first kappa shape index (κ1) is 15.4. The molecule has 0 aliphatic carbocycles. The van der Waals surface area contributed by atoms with E-state index in [0.717, 1.165) is 16.6 Å². The average molecular weight is 352 g/mol. The standard InChI is InChI=1S/C18H14ClN5O/c1-10-4-5-11(19)7-12(10)16-13(18(20)25)8-14(23-16)17-15-3-2-6-24(15)22-9-21-17/h2-9,23H,1H3,(H2,20,25). The lowest BCUT2D eigenvalue weighted by Gasteiger charge is -2.06. The second-order valence-electron chi connectivity index (χ2n) is 5.74. The van der Waals surface area contributed by atoms with Gasteiger partial charge >= 0.3 is 0 Å². The molecule has 25 heavy (non-hydrogen) atoms. The number of amides is 1. The fraction of sp³-hybridized carbons (Fsp3) is 0.0556. The minimum atomic E-state index is -0.516. The van der Waals surface area contributed by atoms with Crippen molar-refractivity contribution < 1.29 is 4.79 Å². The van der Waals surface area contributed by atoms with Crippen molar-refractivity contribution in [3.63, 3.8) is 0 Å². The smallest absolute Gasteiger partial charge is 0.250 e. The van der Waals surface area contributed by atoms with Crippen molar-refractivity contribution in [1.82, 2.24) is 19.6 Å². The van der Waals surface area contributed by atoms with Gasteiger partial charge in [0.15, 0.2) is 0 Å². The molecule has 3 heterocycles. The number of rotatable bonds is 3. The number of H-pyrrole nitrogens is 1. The van der Waals surface area contributed by atoms with Gasteiger partial charge in [0.1, 0.15) is 12.0 Å². The predicted octanol–water partition coefficient (Wildman–Crippen LogP) is 3.45. The zero-order chi connectivity index (χ0) is 17.6. The van der Waals surface area contributed by atoms with Crippen LogP contribution in [0.3, 0.4) is 0 Å². The average Bonchev–Trinajstić information content (AvgIpc) is 3.23. The van der Waals surface area contributed by atoms with Crippen LogP contribution in [-0.2, 0) is 0 Å². The van der Waals surface area contributed by atoms with Crippen LogP contribution in [0.2, 0.25) is 5.02 Å². The fourth-order valence-electron chi connectivity index (χ4n) is 2.93. The van der Waals surface area contributed by atoms with Gasteiger partial charge in [-0.25, -0.2) is 9.50 Å². The summed E-state index contributed by atoms with van der Waals surface area (Å²) in [5.41, 5.74) is 10.6. The zero-order valence-electron chi connectivity index (χ0n) is 13.3. The lowest BCUT2D eigenvalue weighted by atomic mass is 10.0. The van der Waals surface area contributed by atoms with Crippen LogP contribution in [0.1, 0.15) is 15.9 Å². The second-order valence-corrected chi connectivity index (χ2v) is 6.18. The van der Waals surface area contributed by atoms with Crippen molar-refractivity contribution in [2.24, 2.45) is 5.73 Å². The largest absolute Gasteiger partial charge is 0.366 e. The summed E-state index contributed by atoms with van der Waals surface area (Å²) in [5.74, 6) is -0.516. The quantitative estimate of drug-likeness (QED) is 0.592. The number of hydrogen-bond donors (Lipinski definition) is 2. The Balaban J connectivity index is 1.97. The molecule has 0 atom stereocenters. The van der Waals surface area contributed by atoms with Gasteiger partial charge in [0.2, 0.25) is 0 Å². The van der Waals surface area contributed by atoms with Crippen LogP contribution >= 0.6 is 11.6 Å². The number of carbonyl (C=O) groups is 1. The van der Waals surface area contributed by atoms with Crippen molar-refractivity contribution in [2.75, 3.05) is 0 Å². The third-order valence-electron chi connectivity index (χ3n) is 4.14. The number of nitrogens with zero attached hydrogens (tertiary/aromatic N) is 3. The number of aryl methyl sites for hydroxylation is 1. The highest BCUT2D eigenvalue weighted by Crippen LogP contribution is 2.32. The van der Waals surface area contributed by atoms with Crippen molar-refractivity contribution >= 4 is 23.0 Å². The van der Waals surface area contributed by atoms with E-state index in [-0.39, 0.29) is 0 Å². The molecule has 4 rings (SSSR count). The molecule has 3 aromatic heterocycles. The van der Waals surface area contributed by atoms with E-state index in [1.54, 1.807) is 10.6 Å². The first-order valence-corrected chi connectivity index (χ1v) is 8.00. The van der Waals surface area contributed by atoms with Gasteiger partial charge in [0, 0.05) is 16.8 Å². The minimum absolute atomic E-state index is 0.392. The molecule has 0 spiro atoms. The Labute approximate surface area is 148 Å². The molecule has 7 heteroatoms. The third kappa shape index (κ3) is 2.56. The van der Waals surface area contributed by atoms with E-state index < -0.39 is 5.91 Å². The van der Waals surface area contributed by atoms with Gasteiger partial charge in [0.05, 0.1) is 22.5 Å². The van der Waals surface area contributed by atoms with Gasteiger partial charge in [-0.3, -0.25) is 4.79 Å². The number of nitrogens with two attached hydrogens (primary N) is 1. The fourth-order valence-corrected chi connectivity index (χ4v) is 3.10. The van der Waals surface area contributed by atoms with Crippen molar-refractivity contribution in [2.45, 2.75) is 6.92 Å².